The summed E-state index contributed by atoms with van der Waals surface area (Å²) in [6.45, 7) is 3.33. The fourth-order valence-electron chi connectivity index (χ4n) is 1.08. The van der Waals surface area contributed by atoms with Crippen LogP contribution in [-0.4, -0.2) is 26.0 Å². The minimum absolute atomic E-state index is 0.0420. The fourth-order valence-corrected chi connectivity index (χ4v) is 2.22. The van der Waals surface area contributed by atoms with Crippen LogP contribution < -0.4 is 4.74 Å². The molecule has 0 spiro atoms. The van der Waals surface area contributed by atoms with Crippen molar-refractivity contribution < 1.29 is 17.5 Å². The molecule has 0 heterocycles. The number of halogens is 2. The van der Waals surface area contributed by atoms with Crippen LogP contribution in [-0.2, 0) is 9.84 Å². The molecule has 0 aromatic heterocycles. The van der Waals surface area contributed by atoms with E-state index in [9.17, 15) is 12.8 Å². The lowest BCUT2D eigenvalue weighted by Crippen LogP contribution is -2.22. The number of hydrogen-bond donors (Lipinski definition) is 0. The van der Waals surface area contributed by atoms with Crippen LogP contribution in [0.15, 0.2) is 22.7 Å². The third kappa shape index (κ3) is 4.27. The Kier molecular flexibility index (Phi) is 4.94. The predicted molar refractivity (Wildman–Crippen MR) is 68.5 cm³/mol. The lowest BCUT2D eigenvalue weighted by Gasteiger charge is -2.09. The molecule has 6 heteroatoms. The minimum Gasteiger partial charge on any atom is -0.492 e. The highest BCUT2D eigenvalue weighted by Crippen LogP contribution is 2.21. The molecule has 0 aliphatic rings. The van der Waals surface area contributed by atoms with E-state index in [1.54, 1.807) is 13.8 Å². The monoisotopic (exact) mass is 324 g/mol. The van der Waals surface area contributed by atoms with Crippen LogP contribution in [0.5, 0.6) is 5.75 Å². The zero-order valence-electron chi connectivity index (χ0n) is 9.61. The van der Waals surface area contributed by atoms with Gasteiger partial charge in [0.25, 0.3) is 0 Å². The quantitative estimate of drug-likeness (QED) is 0.836. The van der Waals surface area contributed by atoms with E-state index in [2.05, 4.69) is 15.9 Å². The van der Waals surface area contributed by atoms with E-state index in [1.165, 1.54) is 18.2 Å². The van der Waals surface area contributed by atoms with Crippen LogP contribution >= 0.6 is 15.9 Å². The summed E-state index contributed by atoms with van der Waals surface area (Å²) in [6.07, 6.45) is 0. The normalized spacial score (nSPS) is 11.8. The summed E-state index contributed by atoms with van der Waals surface area (Å²) < 4.78 is 41.4. The van der Waals surface area contributed by atoms with Gasteiger partial charge in [-0.3, -0.25) is 0 Å². The Morgan fingerprint density at radius 2 is 2.06 bits per heavy atom. The number of hydrogen-bond acceptors (Lipinski definition) is 3. The molecule has 1 aromatic rings. The highest BCUT2D eigenvalue weighted by molar-refractivity contribution is 9.10. The summed E-state index contributed by atoms with van der Waals surface area (Å²) in [5, 5.41) is -0.411. The van der Waals surface area contributed by atoms with Crippen molar-refractivity contribution in [1.82, 2.24) is 0 Å². The van der Waals surface area contributed by atoms with Gasteiger partial charge in [-0.05, 0) is 48.0 Å². The van der Waals surface area contributed by atoms with E-state index in [1.807, 2.05) is 0 Å². The van der Waals surface area contributed by atoms with Crippen molar-refractivity contribution in [2.45, 2.75) is 19.1 Å². The van der Waals surface area contributed by atoms with E-state index in [-0.39, 0.29) is 18.2 Å². The first-order chi connectivity index (χ1) is 7.83. The Morgan fingerprint density at radius 3 is 2.59 bits per heavy atom. The molecule has 0 unspecified atom stereocenters. The van der Waals surface area contributed by atoms with Gasteiger partial charge in [0.1, 0.15) is 18.2 Å². The van der Waals surface area contributed by atoms with Crippen LogP contribution in [0, 0.1) is 5.82 Å². The summed E-state index contributed by atoms with van der Waals surface area (Å²) in [7, 11) is -3.10. The van der Waals surface area contributed by atoms with Crippen LogP contribution in [0.4, 0.5) is 4.39 Å². The van der Waals surface area contributed by atoms with E-state index < -0.39 is 15.1 Å². The van der Waals surface area contributed by atoms with Crippen LogP contribution in [0.1, 0.15) is 13.8 Å². The first-order valence-electron chi connectivity index (χ1n) is 5.12. The van der Waals surface area contributed by atoms with E-state index >= 15 is 0 Å². The van der Waals surface area contributed by atoms with Gasteiger partial charge in [0, 0.05) is 0 Å². The van der Waals surface area contributed by atoms with Crippen molar-refractivity contribution in [2.75, 3.05) is 12.4 Å². The topological polar surface area (TPSA) is 43.4 Å². The molecule has 96 valence electrons. The first-order valence-corrected chi connectivity index (χ1v) is 7.63. The number of sulfone groups is 1. The SMILES string of the molecule is CC(C)S(=O)(=O)CCOc1ccc(F)c(Br)c1. The molecule has 1 aromatic carbocycles. The molecular weight excluding hydrogens is 311 g/mol. The fraction of sp³-hybridized carbons (Fsp3) is 0.455. The molecule has 0 amide bonds. The minimum atomic E-state index is -3.10. The molecule has 3 nitrogen and oxygen atoms in total. The molecule has 0 fully saturated rings. The third-order valence-electron chi connectivity index (χ3n) is 2.25. The third-order valence-corrected chi connectivity index (χ3v) is 5.03. The Bertz CT molecular complexity index is 485. The van der Waals surface area contributed by atoms with Gasteiger partial charge in [0.15, 0.2) is 9.84 Å². The maximum Gasteiger partial charge on any atom is 0.155 e. The average Bonchev–Trinajstić information content (AvgIpc) is 2.23. The second-order valence-electron chi connectivity index (χ2n) is 3.84. The van der Waals surface area contributed by atoms with E-state index in [0.717, 1.165) is 0 Å². The zero-order chi connectivity index (χ0) is 13.1. The molecule has 0 bridgehead atoms. The maximum absolute atomic E-state index is 12.9. The molecule has 0 aliphatic carbocycles. The number of ether oxygens (including phenoxy) is 1. The smallest absolute Gasteiger partial charge is 0.155 e. The van der Waals surface area contributed by atoms with Crippen molar-refractivity contribution in [3.8, 4) is 5.75 Å². The lowest BCUT2D eigenvalue weighted by atomic mass is 10.3. The molecule has 0 aliphatic heterocycles. The van der Waals surface area contributed by atoms with Gasteiger partial charge in [0.2, 0.25) is 0 Å². The Morgan fingerprint density at radius 1 is 1.41 bits per heavy atom. The first kappa shape index (κ1) is 14.4. The average molecular weight is 325 g/mol. The van der Waals surface area contributed by atoms with Crippen molar-refractivity contribution in [2.24, 2.45) is 0 Å². The maximum atomic E-state index is 12.9. The molecule has 0 N–H and O–H groups in total. The highest BCUT2D eigenvalue weighted by Gasteiger charge is 2.15. The van der Waals surface area contributed by atoms with Crippen molar-refractivity contribution >= 4 is 25.8 Å². The van der Waals surface area contributed by atoms with Gasteiger partial charge in [-0.2, -0.15) is 0 Å². The van der Waals surface area contributed by atoms with Crippen LogP contribution in [0.2, 0.25) is 0 Å². The summed E-state index contributed by atoms with van der Waals surface area (Å²) in [5.41, 5.74) is 0. The largest absolute Gasteiger partial charge is 0.492 e. The molecule has 17 heavy (non-hydrogen) atoms. The Hall–Kier alpha value is -0.620. The molecule has 0 radical (unpaired) electrons. The molecule has 1 rings (SSSR count). The second-order valence-corrected chi connectivity index (χ2v) is 7.37. The zero-order valence-corrected chi connectivity index (χ0v) is 12.0. The van der Waals surface area contributed by atoms with Crippen LogP contribution in [0.25, 0.3) is 0 Å². The number of benzene rings is 1. The summed E-state index contributed by atoms with van der Waals surface area (Å²) in [4.78, 5) is 0. The van der Waals surface area contributed by atoms with Gasteiger partial charge in [-0.25, -0.2) is 12.8 Å². The van der Waals surface area contributed by atoms with Gasteiger partial charge in [-0.15, -0.1) is 0 Å². The number of rotatable bonds is 5. The highest BCUT2D eigenvalue weighted by atomic mass is 79.9. The van der Waals surface area contributed by atoms with Gasteiger partial charge >= 0.3 is 0 Å². The molecular formula is C11H14BrFO3S. The standard InChI is InChI=1S/C11H14BrFO3S/c1-8(2)17(14,15)6-5-16-9-3-4-11(13)10(12)7-9/h3-4,7-8H,5-6H2,1-2H3. The lowest BCUT2D eigenvalue weighted by molar-refractivity contribution is 0.339. The Balaban J connectivity index is 2.55. The van der Waals surface area contributed by atoms with Crippen LogP contribution in [0.3, 0.4) is 0 Å². The predicted octanol–water partition coefficient (Wildman–Crippen LogP) is 2.79. The molecule has 0 saturated heterocycles. The molecule has 0 atom stereocenters. The summed E-state index contributed by atoms with van der Waals surface area (Å²) in [6, 6.07) is 4.19. The Labute approximate surface area is 109 Å². The summed E-state index contributed by atoms with van der Waals surface area (Å²) in [5.74, 6) is 0.0176. The van der Waals surface area contributed by atoms with Crippen molar-refractivity contribution in [1.29, 1.82) is 0 Å². The van der Waals surface area contributed by atoms with Crippen molar-refractivity contribution in [3.63, 3.8) is 0 Å². The second kappa shape index (κ2) is 5.82. The van der Waals surface area contributed by atoms with E-state index in [4.69, 9.17) is 4.74 Å². The van der Waals surface area contributed by atoms with Gasteiger partial charge in [0.05, 0.1) is 15.5 Å². The van der Waals surface area contributed by atoms with Crippen molar-refractivity contribution in [3.05, 3.63) is 28.5 Å². The van der Waals surface area contributed by atoms with E-state index in [0.29, 0.717) is 10.2 Å². The van der Waals surface area contributed by atoms with Gasteiger partial charge in [-0.1, -0.05) is 0 Å². The molecule has 0 saturated carbocycles. The summed E-state index contributed by atoms with van der Waals surface area (Å²) >= 11 is 3.03. The van der Waals surface area contributed by atoms with Gasteiger partial charge < -0.3 is 4.74 Å².